The van der Waals surface area contributed by atoms with Gasteiger partial charge in [-0.3, -0.25) is 14.3 Å². The molecule has 3 N–H and O–H groups in total. The summed E-state index contributed by atoms with van der Waals surface area (Å²) in [5.74, 6) is 0.118. The van der Waals surface area contributed by atoms with Gasteiger partial charge in [0.2, 0.25) is 5.88 Å². The number of H-pyrrole nitrogens is 2. The lowest BCUT2D eigenvalue weighted by Gasteiger charge is -2.06. The van der Waals surface area contributed by atoms with Crippen LogP contribution in [0.25, 0.3) is 22.1 Å². The van der Waals surface area contributed by atoms with E-state index in [2.05, 4.69) is 32.1 Å². The van der Waals surface area contributed by atoms with Gasteiger partial charge in [0, 0.05) is 19.0 Å². The first kappa shape index (κ1) is 22.5. The Morgan fingerprint density at radius 2 is 1.73 bits per heavy atom. The van der Waals surface area contributed by atoms with Crippen LogP contribution in [0.15, 0.2) is 44.1 Å². The molecule has 0 fully saturated rings. The molecule has 4 rings (SSSR count). The molecule has 0 bridgehead atoms. The van der Waals surface area contributed by atoms with Crippen molar-refractivity contribution in [3.63, 3.8) is 0 Å². The Bertz CT molecular complexity index is 1410. The minimum absolute atomic E-state index is 0.0973. The first-order valence-electron chi connectivity index (χ1n) is 11.4. The molecule has 0 atom stereocenters. The topological polar surface area (TPSA) is 133 Å². The van der Waals surface area contributed by atoms with Gasteiger partial charge in [-0.05, 0) is 12.5 Å². The fourth-order valence-electron chi connectivity index (χ4n) is 4.05. The molecular weight excluding hydrogens is 422 g/mol. The van der Waals surface area contributed by atoms with Gasteiger partial charge in [0.25, 0.3) is 11.5 Å². The summed E-state index contributed by atoms with van der Waals surface area (Å²) >= 11 is 0. The zero-order valence-corrected chi connectivity index (χ0v) is 19.0. The second-order valence-electron chi connectivity index (χ2n) is 8.24. The van der Waals surface area contributed by atoms with Crippen LogP contribution in [0.1, 0.15) is 51.9 Å². The number of aromatic hydroxyl groups is 1. The number of para-hydroxylation sites is 1. The minimum Gasteiger partial charge on any atom is -0.493 e. The number of azo groups is 1. The van der Waals surface area contributed by atoms with Gasteiger partial charge < -0.3 is 14.7 Å². The molecule has 1 aromatic carbocycles. The van der Waals surface area contributed by atoms with Crippen LogP contribution >= 0.6 is 0 Å². The van der Waals surface area contributed by atoms with Crippen molar-refractivity contribution in [1.82, 2.24) is 24.1 Å². The highest BCUT2D eigenvalue weighted by Gasteiger charge is 2.18. The molecular formula is C23H29N7O3. The van der Waals surface area contributed by atoms with Gasteiger partial charge in [0.05, 0.1) is 5.52 Å². The summed E-state index contributed by atoms with van der Waals surface area (Å²) in [7, 11) is 1.55. The van der Waals surface area contributed by atoms with Crippen LogP contribution in [-0.4, -0.2) is 29.2 Å². The average Bonchev–Trinajstić information content (AvgIpc) is 3.32. The number of fused-ring (bicyclic) bond motifs is 2. The number of aryl methyl sites for hydroxylation is 2. The maximum Gasteiger partial charge on any atom is 0.329 e. The minimum atomic E-state index is -0.536. The number of benzene rings is 1. The molecule has 10 heteroatoms. The van der Waals surface area contributed by atoms with E-state index < -0.39 is 11.2 Å². The highest BCUT2D eigenvalue weighted by Crippen LogP contribution is 2.36. The molecule has 0 saturated heterocycles. The third-order valence-electron chi connectivity index (χ3n) is 5.87. The maximum absolute atomic E-state index is 12.6. The van der Waals surface area contributed by atoms with Crippen LogP contribution in [0, 0.1) is 0 Å². The van der Waals surface area contributed by atoms with Crippen LogP contribution in [-0.2, 0) is 13.6 Å². The van der Waals surface area contributed by atoms with E-state index in [0.29, 0.717) is 17.7 Å². The van der Waals surface area contributed by atoms with Gasteiger partial charge in [0.1, 0.15) is 0 Å². The third-order valence-corrected chi connectivity index (χ3v) is 5.87. The molecule has 0 saturated carbocycles. The van der Waals surface area contributed by atoms with E-state index in [4.69, 9.17) is 0 Å². The Balaban J connectivity index is 1.67. The van der Waals surface area contributed by atoms with Crippen molar-refractivity contribution >= 4 is 33.7 Å². The van der Waals surface area contributed by atoms with Gasteiger partial charge in [-0.1, -0.05) is 63.6 Å². The lowest BCUT2D eigenvalue weighted by atomic mass is 10.1. The summed E-state index contributed by atoms with van der Waals surface area (Å²) in [4.78, 5) is 34.3. The van der Waals surface area contributed by atoms with E-state index in [-0.39, 0.29) is 17.5 Å². The monoisotopic (exact) mass is 451 g/mol. The lowest BCUT2D eigenvalue weighted by molar-refractivity contribution is 0.459. The smallest absolute Gasteiger partial charge is 0.329 e. The fraction of sp³-hybridized carbons (Fsp3) is 0.435. The molecule has 4 aromatic rings. The molecule has 3 heterocycles. The quantitative estimate of drug-likeness (QED) is 0.236. The predicted molar refractivity (Wildman–Crippen MR) is 128 cm³/mol. The average molecular weight is 452 g/mol. The summed E-state index contributed by atoms with van der Waals surface area (Å²) in [6.07, 6.45) is 7.89. The van der Waals surface area contributed by atoms with Crippen LogP contribution in [0.2, 0.25) is 0 Å². The number of aromatic nitrogens is 5. The van der Waals surface area contributed by atoms with Gasteiger partial charge in [0.15, 0.2) is 16.9 Å². The molecule has 10 nitrogen and oxygen atoms in total. The summed E-state index contributed by atoms with van der Waals surface area (Å²) in [6.45, 7) is 2.72. The normalized spacial score (nSPS) is 11.9. The van der Waals surface area contributed by atoms with Gasteiger partial charge in [-0.25, -0.2) is 4.79 Å². The molecule has 3 aromatic heterocycles. The van der Waals surface area contributed by atoms with Crippen LogP contribution in [0.3, 0.4) is 0 Å². The van der Waals surface area contributed by atoms with E-state index in [1.54, 1.807) is 11.6 Å². The van der Waals surface area contributed by atoms with E-state index >= 15 is 0 Å². The third kappa shape index (κ3) is 4.59. The highest BCUT2D eigenvalue weighted by molar-refractivity contribution is 5.94. The van der Waals surface area contributed by atoms with Crippen molar-refractivity contribution in [1.29, 1.82) is 0 Å². The number of hydrogen-bond acceptors (Lipinski definition) is 6. The van der Waals surface area contributed by atoms with Crippen LogP contribution in [0.5, 0.6) is 5.88 Å². The molecule has 174 valence electrons. The van der Waals surface area contributed by atoms with Crippen molar-refractivity contribution < 1.29 is 5.11 Å². The van der Waals surface area contributed by atoms with E-state index in [1.165, 1.54) is 30.3 Å². The Morgan fingerprint density at radius 1 is 1.00 bits per heavy atom. The molecule has 33 heavy (non-hydrogen) atoms. The number of imidazole rings is 1. The second-order valence-corrected chi connectivity index (χ2v) is 8.24. The number of hydrogen-bond donors (Lipinski definition) is 3. The summed E-state index contributed by atoms with van der Waals surface area (Å²) in [5, 5.41) is 19.5. The lowest BCUT2D eigenvalue weighted by Crippen LogP contribution is -2.29. The van der Waals surface area contributed by atoms with Crippen molar-refractivity contribution in [2.45, 2.75) is 58.4 Å². The van der Waals surface area contributed by atoms with Crippen molar-refractivity contribution in [3.05, 3.63) is 45.1 Å². The fourth-order valence-corrected chi connectivity index (χ4v) is 4.05. The molecule has 0 aliphatic heterocycles. The van der Waals surface area contributed by atoms with Gasteiger partial charge >= 0.3 is 5.69 Å². The van der Waals surface area contributed by atoms with Crippen molar-refractivity contribution in [2.24, 2.45) is 17.3 Å². The van der Waals surface area contributed by atoms with Gasteiger partial charge in [-0.2, -0.15) is 4.98 Å². The summed E-state index contributed by atoms with van der Waals surface area (Å²) in [5.41, 5.74) is 0.539. The van der Waals surface area contributed by atoms with Crippen LogP contribution < -0.4 is 11.2 Å². The Morgan fingerprint density at radius 3 is 2.52 bits per heavy atom. The maximum atomic E-state index is 12.6. The Hall–Kier alpha value is -3.69. The molecule has 0 amide bonds. The predicted octanol–water partition coefficient (Wildman–Crippen LogP) is 4.78. The number of rotatable bonds is 10. The Labute approximate surface area is 190 Å². The largest absolute Gasteiger partial charge is 0.493 e. The second kappa shape index (κ2) is 9.85. The zero-order chi connectivity index (χ0) is 23.4. The molecule has 0 spiro atoms. The molecule has 0 unspecified atom stereocenters. The van der Waals surface area contributed by atoms with E-state index in [0.717, 1.165) is 30.2 Å². The van der Waals surface area contributed by atoms with Crippen LogP contribution in [0.4, 0.5) is 11.6 Å². The summed E-state index contributed by atoms with van der Waals surface area (Å²) < 4.78 is 3.00. The Kier molecular flexibility index (Phi) is 6.71. The van der Waals surface area contributed by atoms with Gasteiger partial charge in [-0.15, -0.1) is 10.2 Å². The number of unbranched alkanes of at least 4 members (excludes halogenated alkanes) is 6. The standard InChI is InChI=1S/C23H29N7O3/c1-3-4-5-6-7-8-11-14-30-18-19(29(2)23(33)26-21(18)32)25-22(30)28-27-17-15-12-9-10-13-16(15)24-20(17)31/h9-10,12-13,24,31H,3-8,11,14H2,1-2H3,(H,26,32,33). The van der Waals surface area contributed by atoms with Crippen molar-refractivity contribution in [2.75, 3.05) is 0 Å². The van der Waals surface area contributed by atoms with E-state index in [9.17, 15) is 14.7 Å². The van der Waals surface area contributed by atoms with Crippen molar-refractivity contribution in [3.8, 4) is 5.88 Å². The number of aromatic amines is 2. The first-order chi connectivity index (χ1) is 16.0. The zero-order valence-electron chi connectivity index (χ0n) is 19.0. The number of nitrogens with zero attached hydrogens (tertiary/aromatic N) is 5. The molecule has 0 radical (unpaired) electrons. The number of nitrogens with one attached hydrogen (secondary N) is 2. The summed E-state index contributed by atoms with van der Waals surface area (Å²) in [6, 6.07) is 7.36. The van der Waals surface area contributed by atoms with E-state index in [1.807, 2.05) is 24.3 Å². The highest BCUT2D eigenvalue weighted by atomic mass is 16.3. The molecule has 0 aliphatic rings. The molecule has 0 aliphatic carbocycles. The SMILES string of the molecule is CCCCCCCCCn1c(N=Nc2c(O)[nH]c3ccccc23)nc2c1c(=O)[nH]c(=O)n2C. The first-order valence-corrected chi connectivity index (χ1v) is 11.4.